The predicted octanol–water partition coefficient (Wildman–Crippen LogP) is 1.56. The number of rotatable bonds is 4. The first-order chi connectivity index (χ1) is 9.66. The van der Waals surface area contributed by atoms with Crippen molar-refractivity contribution >= 4 is 11.9 Å². The highest BCUT2D eigenvalue weighted by Gasteiger charge is 2.16. The molecule has 0 spiro atoms. The van der Waals surface area contributed by atoms with Gasteiger partial charge < -0.3 is 14.7 Å². The molecule has 6 heteroatoms. The third-order valence-corrected chi connectivity index (χ3v) is 3.28. The zero-order valence-electron chi connectivity index (χ0n) is 11.2. The molecule has 108 valence electrons. The first kappa shape index (κ1) is 14.3. The van der Waals surface area contributed by atoms with E-state index >= 15 is 0 Å². The van der Waals surface area contributed by atoms with E-state index in [2.05, 4.69) is 4.98 Å². The van der Waals surface area contributed by atoms with Gasteiger partial charge in [0, 0.05) is 19.3 Å². The average Bonchev–Trinajstić information content (AvgIpc) is 2.74. The number of carboxylic acid groups (broad SMARTS) is 1. The number of pyridine rings is 1. The second-order valence-electron chi connectivity index (χ2n) is 4.80. The predicted molar refractivity (Wildman–Crippen MR) is 71.7 cm³/mol. The first-order valence-electron chi connectivity index (χ1n) is 6.76. The van der Waals surface area contributed by atoms with Crippen molar-refractivity contribution in [3.05, 3.63) is 24.0 Å². The van der Waals surface area contributed by atoms with Crippen LogP contribution in [0.25, 0.3) is 0 Å². The highest BCUT2D eigenvalue weighted by atomic mass is 16.5. The second-order valence-corrected chi connectivity index (χ2v) is 4.80. The van der Waals surface area contributed by atoms with Crippen LogP contribution in [0.1, 0.15) is 36.0 Å². The number of carbonyl (C=O) groups is 2. The summed E-state index contributed by atoms with van der Waals surface area (Å²) in [6.45, 7) is 1.47. The van der Waals surface area contributed by atoms with Crippen LogP contribution in [0.4, 0.5) is 0 Å². The Morgan fingerprint density at radius 2 is 1.90 bits per heavy atom. The van der Waals surface area contributed by atoms with Crippen LogP contribution in [0.5, 0.6) is 5.75 Å². The number of likely N-dealkylation sites (tertiary alicyclic amines) is 1. The van der Waals surface area contributed by atoms with E-state index in [0.29, 0.717) is 5.75 Å². The van der Waals surface area contributed by atoms with Gasteiger partial charge >= 0.3 is 5.97 Å². The van der Waals surface area contributed by atoms with Gasteiger partial charge in [-0.25, -0.2) is 4.79 Å². The molecule has 1 aromatic rings. The molecule has 0 radical (unpaired) electrons. The number of hydrogen-bond acceptors (Lipinski definition) is 4. The molecule has 6 nitrogen and oxygen atoms in total. The van der Waals surface area contributed by atoms with Crippen LogP contribution in [-0.2, 0) is 4.79 Å². The van der Waals surface area contributed by atoms with Gasteiger partial charge in [0.15, 0.2) is 6.61 Å². The maximum absolute atomic E-state index is 12.0. The Kier molecular flexibility index (Phi) is 4.92. The number of aromatic carboxylic acids is 1. The Morgan fingerprint density at radius 1 is 1.20 bits per heavy atom. The lowest BCUT2D eigenvalue weighted by molar-refractivity contribution is -0.133. The fourth-order valence-electron chi connectivity index (χ4n) is 2.17. The molecule has 2 rings (SSSR count). The van der Waals surface area contributed by atoms with E-state index in [1.54, 1.807) is 0 Å². The Bertz CT molecular complexity index is 482. The summed E-state index contributed by atoms with van der Waals surface area (Å²) in [5.74, 6) is -0.831. The largest absolute Gasteiger partial charge is 0.482 e. The second kappa shape index (κ2) is 6.88. The zero-order chi connectivity index (χ0) is 14.4. The molecule has 0 atom stereocenters. The van der Waals surface area contributed by atoms with E-state index in [1.807, 2.05) is 4.90 Å². The highest BCUT2D eigenvalue weighted by Crippen LogP contribution is 2.13. The van der Waals surface area contributed by atoms with Crippen LogP contribution in [0.3, 0.4) is 0 Å². The number of ether oxygens (including phenoxy) is 1. The van der Waals surface area contributed by atoms with Crippen molar-refractivity contribution in [1.82, 2.24) is 9.88 Å². The molecule has 1 N–H and O–H groups in total. The third-order valence-electron chi connectivity index (χ3n) is 3.28. The molecule has 0 aliphatic carbocycles. The number of carbonyl (C=O) groups excluding carboxylic acids is 1. The van der Waals surface area contributed by atoms with Crippen LogP contribution in [0.15, 0.2) is 18.5 Å². The molecular weight excluding hydrogens is 260 g/mol. The molecule has 1 fully saturated rings. The van der Waals surface area contributed by atoms with Crippen molar-refractivity contribution in [1.29, 1.82) is 0 Å². The monoisotopic (exact) mass is 278 g/mol. The molecule has 1 aliphatic rings. The fourth-order valence-corrected chi connectivity index (χ4v) is 2.17. The van der Waals surface area contributed by atoms with Gasteiger partial charge in [0.25, 0.3) is 5.91 Å². The normalized spacial score (nSPS) is 15.5. The molecule has 0 saturated carbocycles. The number of carboxylic acids is 1. The average molecular weight is 278 g/mol. The molecule has 0 unspecified atom stereocenters. The molecule has 2 heterocycles. The van der Waals surface area contributed by atoms with Crippen molar-refractivity contribution in [2.24, 2.45) is 0 Å². The van der Waals surface area contributed by atoms with E-state index in [1.165, 1.54) is 18.5 Å². The van der Waals surface area contributed by atoms with Crippen molar-refractivity contribution in [3.63, 3.8) is 0 Å². The van der Waals surface area contributed by atoms with Gasteiger partial charge in [0.1, 0.15) is 5.75 Å². The van der Waals surface area contributed by atoms with E-state index in [-0.39, 0.29) is 18.1 Å². The van der Waals surface area contributed by atoms with Gasteiger partial charge in [-0.2, -0.15) is 0 Å². The van der Waals surface area contributed by atoms with Crippen molar-refractivity contribution < 1.29 is 19.4 Å². The van der Waals surface area contributed by atoms with E-state index in [4.69, 9.17) is 9.84 Å². The smallest absolute Gasteiger partial charge is 0.337 e. The van der Waals surface area contributed by atoms with Gasteiger partial charge in [-0.05, 0) is 18.9 Å². The standard InChI is InChI=1S/C14H18N2O4/c17-13(16-5-3-1-2-4-6-16)10-20-12-7-11(14(18)19)8-15-9-12/h7-9H,1-6,10H2,(H,18,19). The number of amides is 1. The molecule has 1 aliphatic heterocycles. The molecule has 1 amide bonds. The lowest BCUT2D eigenvalue weighted by Crippen LogP contribution is -2.35. The SMILES string of the molecule is O=C(O)c1cncc(OCC(=O)N2CCCCCC2)c1. The van der Waals surface area contributed by atoms with Gasteiger partial charge in [-0.15, -0.1) is 0 Å². The summed E-state index contributed by atoms with van der Waals surface area (Å²) in [5, 5.41) is 8.85. The summed E-state index contributed by atoms with van der Waals surface area (Å²) in [6.07, 6.45) is 7.03. The summed E-state index contributed by atoms with van der Waals surface area (Å²) in [4.78, 5) is 28.4. The Labute approximate surface area is 117 Å². The van der Waals surface area contributed by atoms with Crippen LogP contribution in [-0.4, -0.2) is 46.6 Å². The molecule has 1 saturated heterocycles. The number of aromatic nitrogens is 1. The summed E-state index contributed by atoms with van der Waals surface area (Å²) in [6, 6.07) is 1.37. The van der Waals surface area contributed by atoms with Crippen molar-refractivity contribution in [2.45, 2.75) is 25.7 Å². The topological polar surface area (TPSA) is 79.7 Å². The minimum Gasteiger partial charge on any atom is -0.482 e. The molecular formula is C14H18N2O4. The van der Waals surface area contributed by atoms with Crippen LogP contribution in [0.2, 0.25) is 0 Å². The lowest BCUT2D eigenvalue weighted by Gasteiger charge is -2.20. The number of hydrogen-bond donors (Lipinski definition) is 1. The minimum atomic E-state index is -1.07. The van der Waals surface area contributed by atoms with E-state index in [0.717, 1.165) is 38.8 Å². The summed E-state index contributed by atoms with van der Waals surface area (Å²) in [7, 11) is 0. The summed E-state index contributed by atoms with van der Waals surface area (Å²) >= 11 is 0. The van der Waals surface area contributed by atoms with Gasteiger partial charge in [0.05, 0.1) is 11.8 Å². The van der Waals surface area contributed by atoms with E-state index in [9.17, 15) is 9.59 Å². The van der Waals surface area contributed by atoms with Crippen LogP contribution < -0.4 is 4.74 Å². The minimum absolute atomic E-state index is 0.0460. The highest BCUT2D eigenvalue weighted by molar-refractivity contribution is 5.87. The quantitative estimate of drug-likeness (QED) is 0.904. The van der Waals surface area contributed by atoms with Gasteiger partial charge in [-0.3, -0.25) is 9.78 Å². The van der Waals surface area contributed by atoms with Crippen molar-refractivity contribution in [2.75, 3.05) is 19.7 Å². The van der Waals surface area contributed by atoms with Gasteiger partial charge in [-0.1, -0.05) is 12.8 Å². The van der Waals surface area contributed by atoms with Crippen LogP contribution in [0, 0.1) is 0 Å². The zero-order valence-corrected chi connectivity index (χ0v) is 11.2. The fraction of sp³-hybridized carbons (Fsp3) is 0.500. The summed E-state index contributed by atoms with van der Waals surface area (Å²) in [5.41, 5.74) is 0.0460. The van der Waals surface area contributed by atoms with E-state index < -0.39 is 5.97 Å². The summed E-state index contributed by atoms with van der Waals surface area (Å²) < 4.78 is 5.34. The molecule has 0 bridgehead atoms. The maximum atomic E-state index is 12.0. The van der Waals surface area contributed by atoms with Gasteiger partial charge in [0.2, 0.25) is 0 Å². The lowest BCUT2D eigenvalue weighted by atomic mass is 10.2. The molecule has 1 aromatic heterocycles. The number of nitrogens with zero attached hydrogens (tertiary/aromatic N) is 2. The Hall–Kier alpha value is -2.11. The first-order valence-corrected chi connectivity index (χ1v) is 6.76. The van der Waals surface area contributed by atoms with Crippen LogP contribution >= 0.6 is 0 Å². The maximum Gasteiger partial charge on any atom is 0.337 e. The third kappa shape index (κ3) is 3.94. The Balaban J connectivity index is 1.89. The molecule has 0 aromatic carbocycles. The van der Waals surface area contributed by atoms with Crippen molar-refractivity contribution in [3.8, 4) is 5.75 Å². The molecule has 20 heavy (non-hydrogen) atoms. The Morgan fingerprint density at radius 3 is 2.55 bits per heavy atom.